The molecule has 1 heterocycles. The molecule has 0 amide bonds. The summed E-state index contributed by atoms with van der Waals surface area (Å²) in [5.74, 6) is 0.188. The van der Waals surface area contributed by atoms with Gasteiger partial charge in [0, 0.05) is 9.79 Å². The van der Waals surface area contributed by atoms with Crippen LogP contribution in [0.25, 0.3) is 12.2 Å². The van der Waals surface area contributed by atoms with Crippen molar-refractivity contribution in [2.45, 2.75) is 9.79 Å². The van der Waals surface area contributed by atoms with Crippen LogP contribution >= 0.6 is 24.4 Å². The molecule has 1 aliphatic rings. The van der Waals surface area contributed by atoms with E-state index < -0.39 is 5.97 Å². The van der Waals surface area contributed by atoms with Crippen molar-refractivity contribution < 1.29 is 14.6 Å². The fraction of sp³-hybridized carbons (Fsp3) is 0.0625. The Balaban J connectivity index is 2.02. The molecular weight excluding hydrogens is 304 g/mol. The number of ether oxygens (including phenoxy) is 1. The molecule has 0 radical (unpaired) electrons. The zero-order valence-corrected chi connectivity index (χ0v) is 12.7. The highest BCUT2D eigenvalue weighted by Gasteiger charge is 2.13. The van der Waals surface area contributed by atoms with E-state index in [0.29, 0.717) is 11.5 Å². The predicted molar refractivity (Wildman–Crippen MR) is 87.4 cm³/mol. The van der Waals surface area contributed by atoms with E-state index >= 15 is 0 Å². The molecule has 1 N–H and O–H groups in total. The van der Waals surface area contributed by atoms with Gasteiger partial charge in [-0.3, -0.25) is 0 Å². The van der Waals surface area contributed by atoms with Gasteiger partial charge in [0.25, 0.3) is 0 Å². The van der Waals surface area contributed by atoms with Gasteiger partial charge in [0.05, 0.1) is 5.56 Å². The van der Waals surface area contributed by atoms with Crippen LogP contribution in [0.5, 0.6) is 5.75 Å². The van der Waals surface area contributed by atoms with E-state index in [1.165, 1.54) is 0 Å². The molecule has 0 fully saturated rings. The Bertz CT molecular complexity index is 738. The van der Waals surface area contributed by atoms with Crippen molar-refractivity contribution in [3.8, 4) is 5.75 Å². The maximum Gasteiger partial charge on any atom is 0.335 e. The molecule has 106 valence electrons. The number of fused-ring (bicyclic) bond motifs is 2. The quantitative estimate of drug-likeness (QED) is 0.559. The number of benzene rings is 2. The summed E-state index contributed by atoms with van der Waals surface area (Å²) in [4.78, 5) is 13.1. The number of carboxylic acids is 1. The monoisotopic (exact) mass is 316 g/mol. The van der Waals surface area contributed by atoms with Crippen LogP contribution in [0.3, 0.4) is 0 Å². The number of carbonyl (C=O) groups is 1. The normalized spacial score (nSPS) is 12.2. The second-order valence-electron chi connectivity index (χ2n) is 4.47. The molecule has 0 atom stereocenters. The molecule has 0 bridgehead atoms. The topological polar surface area (TPSA) is 46.5 Å². The zero-order chi connectivity index (χ0) is 14.8. The van der Waals surface area contributed by atoms with Crippen LogP contribution in [0, 0.1) is 0 Å². The van der Waals surface area contributed by atoms with Crippen LogP contribution in [0.15, 0.2) is 46.2 Å². The highest BCUT2D eigenvalue weighted by molar-refractivity contribution is 7.99. The van der Waals surface area contributed by atoms with Crippen LogP contribution in [0.1, 0.15) is 21.5 Å². The molecule has 3 nitrogen and oxygen atoms in total. The van der Waals surface area contributed by atoms with Gasteiger partial charge in [0.15, 0.2) is 0 Å². The first kappa shape index (κ1) is 14.1. The van der Waals surface area contributed by atoms with Gasteiger partial charge in [-0.1, -0.05) is 30.0 Å². The SMILES string of the molecule is O=C(O)c1ccc2c(c1)Sc1ccc(OCS)cc1C=C2. The summed E-state index contributed by atoms with van der Waals surface area (Å²) in [7, 11) is 0. The van der Waals surface area contributed by atoms with E-state index in [2.05, 4.69) is 12.6 Å². The minimum atomic E-state index is -0.913. The summed E-state index contributed by atoms with van der Waals surface area (Å²) in [5.41, 5.74) is 2.36. The molecule has 0 spiro atoms. The molecule has 3 rings (SSSR count). The Labute approximate surface area is 132 Å². The van der Waals surface area contributed by atoms with E-state index in [0.717, 1.165) is 26.7 Å². The van der Waals surface area contributed by atoms with Gasteiger partial charge in [0.1, 0.15) is 11.7 Å². The molecule has 0 saturated carbocycles. The van der Waals surface area contributed by atoms with Gasteiger partial charge >= 0.3 is 5.97 Å². The average molecular weight is 316 g/mol. The average Bonchev–Trinajstić information content (AvgIpc) is 2.65. The van der Waals surface area contributed by atoms with Crippen LogP contribution in [-0.2, 0) is 0 Å². The third-order valence-electron chi connectivity index (χ3n) is 3.14. The number of carboxylic acid groups (broad SMARTS) is 1. The number of hydrogen-bond acceptors (Lipinski definition) is 4. The Morgan fingerprint density at radius 2 is 1.90 bits per heavy atom. The van der Waals surface area contributed by atoms with Gasteiger partial charge in [-0.25, -0.2) is 4.79 Å². The highest BCUT2D eigenvalue weighted by atomic mass is 32.2. The Kier molecular flexibility index (Phi) is 3.94. The lowest BCUT2D eigenvalue weighted by molar-refractivity contribution is 0.0696. The van der Waals surface area contributed by atoms with E-state index in [9.17, 15) is 4.79 Å². The van der Waals surface area contributed by atoms with E-state index in [1.54, 1.807) is 23.9 Å². The van der Waals surface area contributed by atoms with E-state index in [4.69, 9.17) is 9.84 Å². The maximum absolute atomic E-state index is 11.1. The predicted octanol–water partition coefficient (Wildman–Crippen LogP) is 4.29. The summed E-state index contributed by atoms with van der Waals surface area (Å²) < 4.78 is 5.38. The van der Waals surface area contributed by atoms with Crippen LogP contribution in [0.2, 0.25) is 0 Å². The van der Waals surface area contributed by atoms with Crippen molar-refractivity contribution >= 4 is 42.5 Å². The Morgan fingerprint density at radius 3 is 2.67 bits per heavy atom. The second-order valence-corrected chi connectivity index (χ2v) is 5.81. The molecule has 5 heteroatoms. The molecule has 0 aromatic heterocycles. The lowest BCUT2D eigenvalue weighted by Crippen LogP contribution is -1.96. The fourth-order valence-electron chi connectivity index (χ4n) is 2.11. The number of thiol groups is 1. The maximum atomic E-state index is 11.1. The first-order valence-corrected chi connectivity index (χ1v) is 7.73. The Hall–Kier alpha value is -1.85. The largest absolute Gasteiger partial charge is 0.483 e. The van der Waals surface area contributed by atoms with Crippen molar-refractivity contribution in [3.05, 3.63) is 53.1 Å². The van der Waals surface area contributed by atoms with Gasteiger partial charge in [0.2, 0.25) is 0 Å². The molecule has 0 aliphatic carbocycles. The van der Waals surface area contributed by atoms with E-state index in [1.807, 2.05) is 36.4 Å². The summed E-state index contributed by atoms with van der Waals surface area (Å²) >= 11 is 5.61. The summed E-state index contributed by atoms with van der Waals surface area (Å²) in [6, 6.07) is 11.0. The third-order valence-corrected chi connectivity index (χ3v) is 4.43. The van der Waals surface area contributed by atoms with Gasteiger partial charge in [-0.15, -0.1) is 12.6 Å². The summed E-state index contributed by atoms with van der Waals surface area (Å²) in [5, 5.41) is 9.10. The van der Waals surface area contributed by atoms with Gasteiger partial charge < -0.3 is 9.84 Å². The molecule has 21 heavy (non-hydrogen) atoms. The van der Waals surface area contributed by atoms with Crippen molar-refractivity contribution in [2.24, 2.45) is 0 Å². The van der Waals surface area contributed by atoms with Gasteiger partial charge in [-0.2, -0.15) is 0 Å². The fourth-order valence-corrected chi connectivity index (χ4v) is 3.31. The number of aromatic carboxylic acids is 1. The summed E-state index contributed by atoms with van der Waals surface area (Å²) in [6.45, 7) is 0. The zero-order valence-electron chi connectivity index (χ0n) is 10.9. The molecule has 1 aliphatic heterocycles. The minimum Gasteiger partial charge on any atom is -0.483 e. The van der Waals surface area contributed by atoms with Crippen molar-refractivity contribution in [3.63, 3.8) is 0 Å². The molecular formula is C16H12O3S2. The minimum absolute atomic E-state index is 0.299. The van der Waals surface area contributed by atoms with Gasteiger partial charge in [-0.05, 0) is 41.5 Å². The van der Waals surface area contributed by atoms with Crippen molar-refractivity contribution in [1.29, 1.82) is 0 Å². The smallest absolute Gasteiger partial charge is 0.335 e. The summed E-state index contributed by atoms with van der Waals surface area (Å²) in [6.07, 6.45) is 4.00. The lowest BCUT2D eigenvalue weighted by atomic mass is 10.1. The number of hydrogen-bond donors (Lipinski definition) is 2. The third kappa shape index (κ3) is 2.94. The van der Waals surface area contributed by atoms with Crippen LogP contribution < -0.4 is 4.74 Å². The standard InChI is InChI=1S/C16H12O3S2/c17-16(18)12-4-2-10-1-3-11-7-13(19-9-20)5-6-14(11)21-15(10)8-12/h1-8,20H,9H2,(H,17,18). The highest BCUT2D eigenvalue weighted by Crippen LogP contribution is 2.39. The van der Waals surface area contributed by atoms with Crippen molar-refractivity contribution in [1.82, 2.24) is 0 Å². The lowest BCUT2D eigenvalue weighted by Gasteiger charge is -2.08. The first-order chi connectivity index (χ1) is 10.2. The molecule has 2 aromatic rings. The first-order valence-electron chi connectivity index (χ1n) is 6.28. The van der Waals surface area contributed by atoms with Crippen LogP contribution in [-0.4, -0.2) is 17.0 Å². The molecule has 2 aromatic carbocycles. The van der Waals surface area contributed by atoms with Crippen LogP contribution in [0.4, 0.5) is 0 Å². The van der Waals surface area contributed by atoms with E-state index in [-0.39, 0.29) is 0 Å². The van der Waals surface area contributed by atoms with Crippen molar-refractivity contribution in [2.75, 3.05) is 5.94 Å². The number of rotatable bonds is 3. The molecule has 0 saturated heterocycles. The Morgan fingerprint density at radius 1 is 1.10 bits per heavy atom. The molecule has 0 unspecified atom stereocenters. The second kappa shape index (κ2) is 5.87.